The fraction of sp³-hybridized carbons (Fsp3) is 0.455. The first-order chi connectivity index (χ1) is 7.56. The van der Waals surface area contributed by atoms with Gasteiger partial charge in [0.15, 0.2) is 0 Å². The van der Waals surface area contributed by atoms with Crippen LogP contribution in [0.4, 0.5) is 0 Å². The lowest BCUT2D eigenvalue weighted by atomic mass is 10.2. The standard InChI is InChI=1S/C11H14Cl2N2O/c1-3-4-5-15(2)11(16)8-6-10(13)14-7-9(8)12/h6-7H,3-5H2,1-2H3. The Bertz CT molecular complexity index is 382. The van der Waals surface area contributed by atoms with Crippen LogP contribution in [0.5, 0.6) is 0 Å². The lowest BCUT2D eigenvalue weighted by Gasteiger charge is -2.17. The number of amides is 1. The van der Waals surface area contributed by atoms with Gasteiger partial charge in [-0.25, -0.2) is 4.98 Å². The Morgan fingerprint density at radius 2 is 2.19 bits per heavy atom. The van der Waals surface area contributed by atoms with Gasteiger partial charge >= 0.3 is 0 Å². The molecule has 88 valence electrons. The topological polar surface area (TPSA) is 33.2 Å². The van der Waals surface area contributed by atoms with Crippen molar-refractivity contribution in [1.82, 2.24) is 9.88 Å². The van der Waals surface area contributed by atoms with Crippen molar-refractivity contribution < 1.29 is 4.79 Å². The molecule has 5 heteroatoms. The predicted octanol–water partition coefficient (Wildman–Crippen LogP) is 3.26. The van der Waals surface area contributed by atoms with E-state index in [4.69, 9.17) is 23.2 Å². The summed E-state index contributed by atoms with van der Waals surface area (Å²) in [6.45, 7) is 2.79. The number of carbonyl (C=O) groups is 1. The van der Waals surface area contributed by atoms with E-state index in [0.717, 1.165) is 12.8 Å². The lowest BCUT2D eigenvalue weighted by Crippen LogP contribution is -2.28. The molecule has 0 fully saturated rings. The number of halogens is 2. The summed E-state index contributed by atoms with van der Waals surface area (Å²) in [4.78, 5) is 17.4. The van der Waals surface area contributed by atoms with Crippen LogP contribution in [0.1, 0.15) is 30.1 Å². The molecule has 16 heavy (non-hydrogen) atoms. The molecule has 0 N–H and O–H groups in total. The van der Waals surface area contributed by atoms with E-state index < -0.39 is 0 Å². The van der Waals surface area contributed by atoms with Crippen molar-refractivity contribution >= 4 is 29.1 Å². The van der Waals surface area contributed by atoms with Crippen LogP contribution >= 0.6 is 23.2 Å². The van der Waals surface area contributed by atoms with Crippen LogP contribution < -0.4 is 0 Å². The molecule has 1 aromatic heterocycles. The van der Waals surface area contributed by atoms with Gasteiger partial charge in [0, 0.05) is 19.8 Å². The second-order valence-electron chi connectivity index (χ2n) is 3.57. The summed E-state index contributed by atoms with van der Waals surface area (Å²) >= 11 is 11.6. The Hall–Kier alpha value is -0.800. The Morgan fingerprint density at radius 3 is 2.81 bits per heavy atom. The first kappa shape index (κ1) is 13.3. The highest BCUT2D eigenvalue weighted by atomic mass is 35.5. The molecule has 0 radical (unpaired) electrons. The molecule has 3 nitrogen and oxygen atoms in total. The summed E-state index contributed by atoms with van der Waals surface area (Å²) in [5.74, 6) is -0.122. The third-order valence-electron chi connectivity index (χ3n) is 2.25. The van der Waals surface area contributed by atoms with Crippen molar-refractivity contribution in [3.05, 3.63) is 28.0 Å². The molecule has 0 aromatic carbocycles. The molecule has 0 unspecified atom stereocenters. The van der Waals surface area contributed by atoms with Crippen molar-refractivity contribution in [3.63, 3.8) is 0 Å². The van der Waals surface area contributed by atoms with Crippen LogP contribution in [0.3, 0.4) is 0 Å². The fourth-order valence-corrected chi connectivity index (χ4v) is 1.62. The largest absolute Gasteiger partial charge is 0.342 e. The summed E-state index contributed by atoms with van der Waals surface area (Å²) in [6.07, 6.45) is 3.41. The summed E-state index contributed by atoms with van der Waals surface area (Å²) in [7, 11) is 1.75. The van der Waals surface area contributed by atoms with Gasteiger partial charge in [0.05, 0.1) is 10.6 Å². The molecule has 0 aliphatic heterocycles. The fourth-order valence-electron chi connectivity index (χ4n) is 1.28. The molecule has 1 aromatic rings. The van der Waals surface area contributed by atoms with Gasteiger partial charge < -0.3 is 4.90 Å². The number of hydrogen-bond acceptors (Lipinski definition) is 2. The maximum Gasteiger partial charge on any atom is 0.255 e. The number of pyridine rings is 1. The number of rotatable bonds is 4. The molecule has 0 bridgehead atoms. The highest BCUT2D eigenvalue weighted by Gasteiger charge is 2.15. The number of hydrogen-bond donors (Lipinski definition) is 0. The van der Waals surface area contributed by atoms with Crippen molar-refractivity contribution in [2.45, 2.75) is 19.8 Å². The van der Waals surface area contributed by atoms with Gasteiger partial charge in [-0.2, -0.15) is 0 Å². The van der Waals surface area contributed by atoms with E-state index in [1.165, 1.54) is 12.3 Å². The Balaban J connectivity index is 2.83. The highest BCUT2D eigenvalue weighted by Crippen LogP contribution is 2.19. The van der Waals surface area contributed by atoms with Gasteiger partial charge in [0.2, 0.25) is 0 Å². The summed E-state index contributed by atoms with van der Waals surface area (Å²) in [5.41, 5.74) is 0.403. The lowest BCUT2D eigenvalue weighted by molar-refractivity contribution is 0.0793. The second-order valence-corrected chi connectivity index (χ2v) is 4.36. The Labute approximate surface area is 105 Å². The number of unbranched alkanes of at least 4 members (excludes halogenated alkanes) is 1. The number of carbonyl (C=O) groups excluding carboxylic acids is 1. The molecule has 0 saturated heterocycles. The van der Waals surface area contributed by atoms with Gasteiger partial charge in [-0.1, -0.05) is 36.5 Å². The van der Waals surface area contributed by atoms with Crippen molar-refractivity contribution in [3.8, 4) is 0 Å². The molecule has 0 saturated carbocycles. The monoisotopic (exact) mass is 260 g/mol. The number of aromatic nitrogens is 1. The highest BCUT2D eigenvalue weighted by molar-refractivity contribution is 6.35. The average Bonchev–Trinajstić information content (AvgIpc) is 2.28. The summed E-state index contributed by atoms with van der Waals surface area (Å²) in [6, 6.07) is 1.49. The zero-order valence-electron chi connectivity index (χ0n) is 9.33. The third-order valence-corrected chi connectivity index (χ3v) is 2.75. The molecule has 0 spiro atoms. The normalized spacial score (nSPS) is 10.2. The van der Waals surface area contributed by atoms with E-state index in [9.17, 15) is 4.79 Å². The van der Waals surface area contributed by atoms with E-state index in [2.05, 4.69) is 11.9 Å². The SMILES string of the molecule is CCCCN(C)C(=O)c1cc(Cl)ncc1Cl. The van der Waals surface area contributed by atoms with E-state index in [0.29, 0.717) is 17.1 Å². The van der Waals surface area contributed by atoms with Crippen LogP contribution in [0, 0.1) is 0 Å². The first-order valence-corrected chi connectivity index (χ1v) is 5.88. The third kappa shape index (κ3) is 3.35. The van der Waals surface area contributed by atoms with E-state index in [1.807, 2.05) is 0 Å². The van der Waals surface area contributed by atoms with Crippen LogP contribution in [0.25, 0.3) is 0 Å². The van der Waals surface area contributed by atoms with E-state index in [1.54, 1.807) is 11.9 Å². The van der Waals surface area contributed by atoms with E-state index in [-0.39, 0.29) is 11.1 Å². The minimum absolute atomic E-state index is 0.122. The maximum atomic E-state index is 12.0. The smallest absolute Gasteiger partial charge is 0.255 e. The van der Waals surface area contributed by atoms with Crippen molar-refractivity contribution in [1.29, 1.82) is 0 Å². The summed E-state index contributed by atoms with van der Waals surface area (Å²) in [5, 5.41) is 0.606. The molecular weight excluding hydrogens is 247 g/mol. The molecule has 1 heterocycles. The predicted molar refractivity (Wildman–Crippen MR) is 66.1 cm³/mol. The zero-order valence-corrected chi connectivity index (χ0v) is 10.8. The van der Waals surface area contributed by atoms with Gasteiger partial charge in [-0.15, -0.1) is 0 Å². The van der Waals surface area contributed by atoms with Crippen LogP contribution in [-0.4, -0.2) is 29.4 Å². The molecule has 0 aliphatic carbocycles. The summed E-state index contributed by atoms with van der Waals surface area (Å²) < 4.78 is 0. The van der Waals surface area contributed by atoms with E-state index >= 15 is 0 Å². The molecular formula is C11H14Cl2N2O. The quantitative estimate of drug-likeness (QED) is 0.779. The molecule has 1 rings (SSSR count). The maximum absolute atomic E-state index is 12.0. The Morgan fingerprint density at radius 1 is 1.50 bits per heavy atom. The second kappa shape index (κ2) is 6.06. The molecule has 1 amide bonds. The van der Waals surface area contributed by atoms with Crippen LogP contribution in [0.2, 0.25) is 10.2 Å². The average molecular weight is 261 g/mol. The zero-order chi connectivity index (χ0) is 12.1. The molecule has 0 aliphatic rings. The van der Waals surface area contributed by atoms with Crippen molar-refractivity contribution in [2.75, 3.05) is 13.6 Å². The van der Waals surface area contributed by atoms with Crippen LogP contribution in [-0.2, 0) is 0 Å². The minimum atomic E-state index is -0.122. The van der Waals surface area contributed by atoms with Gasteiger partial charge in [-0.3, -0.25) is 4.79 Å². The van der Waals surface area contributed by atoms with Crippen LogP contribution in [0.15, 0.2) is 12.3 Å². The molecule has 0 atom stereocenters. The minimum Gasteiger partial charge on any atom is -0.342 e. The van der Waals surface area contributed by atoms with Gasteiger partial charge in [-0.05, 0) is 12.5 Å². The van der Waals surface area contributed by atoms with Gasteiger partial charge in [0.1, 0.15) is 5.15 Å². The van der Waals surface area contributed by atoms with Gasteiger partial charge in [0.25, 0.3) is 5.91 Å². The Kier molecular flexibility index (Phi) is 5.03. The number of nitrogens with zero attached hydrogens (tertiary/aromatic N) is 2. The first-order valence-electron chi connectivity index (χ1n) is 5.12. The van der Waals surface area contributed by atoms with Crippen molar-refractivity contribution in [2.24, 2.45) is 0 Å².